The molecule has 13 heavy (non-hydrogen) atoms. The first-order valence-corrected chi connectivity index (χ1v) is 4.19. The number of benzene rings is 1. The van der Waals surface area contributed by atoms with E-state index in [1.807, 2.05) is 0 Å². The number of carbonyl (C=O) groups excluding carboxylic acids is 1. The largest absolute Gasteiger partial charge is 0.424 e. The van der Waals surface area contributed by atoms with Crippen molar-refractivity contribution in [3.05, 3.63) is 28.5 Å². The van der Waals surface area contributed by atoms with Crippen LogP contribution in [0.15, 0.2) is 22.7 Å². The highest BCUT2D eigenvalue weighted by Crippen LogP contribution is 2.25. The van der Waals surface area contributed by atoms with Crippen LogP contribution in [0.3, 0.4) is 0 Å². The number of hydrogen-bond acceptors (Lipinski definition) is 3. The zero-order valence-electron chi connectivity index (χ0n) is 6.46. The minimum atomic E-state index is -0.785. The summed E-state index contributed by atoms with van der Waals surface area (Å²) < 4.78 is 17.5. The van der Waals surface area contributed by atoms with Crippen LogP contribution in [0.4, 0.5) is 4.39 Å². The van der Waals surface area contributed by atoms with Gasteiger partial charge in [0.05, 0.1) is 4.47 Å². The second-order valence-electron chi connectivity index (χ2n) is 2.21. The van der Waals surface area contributed by atoms with E-state index in [4.69, 9.17) is 5.11 Å². The monoisotopic (exact) mass is 248 g/mol. The Hall–Kier alpha value is -0.940. The van der Waals surface area contributed by atoms with E-state index in [0.29, 0.717) is 4.47 Å². The molecule has 1 rings (SSSR count). The van der Waals surface area contributed by atoms with Crippen molar-refractivity contribution in [3.8, 4) is 5.75 Å². The maximum atomic E-state index is 12.5. The van der Waals surface area contributed by atoms with Crippen molar-refractivity contribution in [3.63, 3.8) is 0 Å². The number of carbonyl (C=O) groups is 1. The summed E-state index contributed by atoms with van der Waals surface area (Å²) in [5, 5.41) is 8.38. The average molecular weight is 249 g/mol. The molecule has 5 heteroatoms. The van der Waals surface area contributed by atoms with Gasteiger partial charge in [-0.2, -0.15) is 0 Å². The zero-order chi connectivity index (χ0) is 9.84. The normalized spacial score (nSPS) is 9.77. The molecular formula is C8H6BrFO3. The van der Waals surface area contributed by atoms with Crippen molar-refractivity contribution >= 4 is 21.9 Å². The molecular weight excluding hydrogens is 243 g/mol. The lowest BCUT2D eigenvalue weighted by atomic mass is 10.3. The van der Waals surface area contributed by atoms with Crippen LogP contribution in [-0.4, -0.2) is 17.7 Å². The number of halogens is 2. The fraction of sp³-hybridized carbons (Fsp3) is 0.125. The lowest BCUT2D eigenvalue weighted by Gasteiger charge is -2.03. The van der Waals surface area contributed by atoms with E-state index in [1.54, 1.807) is 0 Å². The van der Waals surface area contributed by atoms with Crippen molar-refractivity contribution in [2.24, 2.45) is 0 Å². The van der Waals surface area contributed by atoms with Crippen LogP contribution in [0.1, 0.15) is 0 Å². The molecule has 0 heterocycles. The minimum absolute atomic E-state index is 0.181. The van der Waals surface area contributed by atoms with Crippen molar-refractivity contribution in [2.45, 2.75) is 0 Å². The minimum Gasteiger partial charge on any atom is -0.424 e. The molecule has 0 saturated heterocycles. The maximum Gasteiger partial charge on any atom is 0.337 e. The first-order chi connectivity index (χ1) is 6.13. The highest BCUT2D eigenvalue weighted by molar-refractivity contribution is 9.10. The van der Waals surface area contributed by atoms with Crippen molar-refractivity contribution in [1.82, 2.24) is 0 Å². The van der Waals surface area contributed by atoms with Crippen LogP contribution in [0.25, 0.3) is 0 Å². The van der Waals surface area contributed by atoms with Gasteiger partial charge in [-0.15, -0.1) is 0 Å². The van der Waals surface area contributed by atoms with Gasteiger partial charge in [0.2, 0.25) is 0 Å². The molecule has 0 radical (unpaired) electrons. The van der Waals surface area contributed by atoms with Crippen molar-refractivity contribution in [2.75, 3.05) is 6.61 Å². The van der Waals surface area contributed by atoms with E-state index < -0.39 is 18.4 Å². The molecule has 0 aliphatic rings. The Kier molecular flexibility index (Phi) is 3.39. The third kappa shape index (κ3) is 2.78. The van der Waals surface area contributed by atoms with Gasteiger partial charge in [0.1, 0.15) is 18.2 Å². The van der Waals surface area contributed by atoms with Crippen LogP contribution in [0, 0.1) is 5.82 Å². The predicted octanol–water partition coefficient (Wildman–Crippen LogP) is 1.49. The molecule has 0 fully saturated rings. The molecule has 0 unspecified atom stereocenters. The highest BCUT2D eigenvalue weighted by atomic mass is 79.9. The summed E-state index contributed by atoms with van der Waals surface area (Å²) in [7, 11) is 0. The van der Waals surface area contributed by atoms with Gasteiger partial charge in [0.25, 0.3) is 0 Å². The van der Waals surface area contributed by atoms with Crippen molar-refractivity contribution < 1.29 is 19.0 Å². The van der Waals surface area contributed by atoms with Gasteiger partial charge in [-0.1, -0.05) is 0 Å². The summed E-state index contributed by atoms with van der Waals surface area (Å²) in [6.07, 6.45) is 0. The summed E-state index contributed by atoms with van der Waals surface area (Å²) in [4.78, 5) is 10.6. The molecule has 0 atom stereocenters. The molecule has 0 aliphatic heterocycles. The van der Waals surface area contributed by atoms with Gasteiger partial charge in [-0.3, -0.25) is 0 Å². The van der Waals surface area contributed by atoms with Crippen LogP contribution >= 0.6 is 15.9 Å². The molecule has 1 aromatic rings. The van der Waals surface area contributed by atoms with Gasteiger partial charge < -0.3 is 9.84 Å². The first kappa shape index (κ1) is 10.1. The Morgan fingerprint density at radius 1 is 1.62 bits per heavy atom. The topological polar surface area (TPSA) is 46.5 Å². The molecule has 3 nitrogen and oxygen atoms in total. The Labute approximate surface area is 82.3 Å². The molecule has 0 aromatic heterocycles. The first-order valence-electron chi connectivity index (χ1n) is 3.40. The van der Waals surface area contributed by atoms with E-state index in [2.05, 4.69) is 20.7 Å². The summed E-state index contributed by atoms with van der Waals surface area (Å²) in [5.41, 5.74) is 0. The molecule has 1 N–H and O–H groups in total. The lowest BCUT2D eigenvalue weighted by molar-refractivity contribution is -0.137. The predicted molar refractivity (Wildman–Crippen MR) is 46.8 cm³/mol. The second-order valence-corrected chi connectivity index (χ2v) is 3.06. The average Bonchev–Trinajstić information content (AvgIpc) is 2.09. The molecule has 1 aromatic carbocycles. The van der Waals surface area contributed by atoms with Crippen LogP contribution in [0.2, 0.25) is 0 Å². The van der Waals surface area contributed by atoms with Crippen LogP contribution < -0.4 is 4.74 Å². The Balaban J connectivity index is 2.83. The van der Waals surface area contributed by atoms with Gasteiger partial charge in [-0.25, -0.2) is 9.18 Å². The van der Waals surface area contributed by atoms with E-state index in [1.165, 1.54) is 12.1 Å². The fourth-order valence-electron chi connectivity index (χ4n) is 0.713. The molecule has 0 spiro atoms. The molecule has 0 saturated carbocycles. The number of aliphatic hydroxyl groups excluding tert-OH is 1. The SMILES string of the molecule is O=C(CO)Oc1ccc(F)cc1Br. The quantitative estimate of drug-likeness (QED) is 0.638. The lowest BCUT2D eigenvalue weighted by Crippen LogP contribution is -2.12. The Bertz CT molecular complexity index is 327. The highest BCUT2D eigenvalue weighted by Gasteiger charge is 2.06. The molecule has 0 amide bonds. The number of esters is 1. The van der Waals surface area contributed by atoms with Gasteiger partial charge in [-0.05, 0) is 34.1 Å². The number of rotatable bonds is 2. The number of ether oxygens (including phenoxy) is 1. The van der Waals surface area contributed by atoms with Crippen LogP contribution in [-0.2, 0) is 4.79 Å². The third-order valence-electron chi connectivity index (χ3n) is 1.25. The van der Waals surface area contributed by atoms with Gasteiger partial charge in [0, 0.05) is 0 Å². The number of hydrogen-bond donors (Lipinski definition) is 1. The van der Waals surface area contributed by atoms with Crippen molar-refractivity contribution in [1.29, 1.82) is 0 Å². The van der Waals surface area contributed by atoms with Gasteiger partial charge >= 0.3 is 5.97 Å². The summed E-state index contributed by atoms with van der Waals surface area (Å²) in [6, 6.07) is 3.62. The summed E-state index contributed by atoms with van der Waals surface area (Å²) in [6.45, 7) is -0.705. The second kappa shape index (κ2) is 4.34. The molecule has 0 aliphatic carbocycles. The Morgan fingerprint density at radius 2 is 2.31 bits per heavy atom. The van der Waals surface area contributed by atoms with E-state index >= 15 is 0 Å². The summed E-state index contributed by atoms with van der Waals surface area (Å²) in [5.74, 6) is -1.04. The van der Waals surface area contributed by atoms with Crippen LogP contribution in [0.5, 0.6) is 5.75 Å². The van der Waals surface area contributed by atoms with E-state index in [-0.39, 0.29) is 5.75 Å². The molecule has 0 bridgehead atoms. The smallest absolute Gasteiger partial charge is 0.337 e. The maximum absolute atomic E-state index is 12.5. The van der Waals surface area contributed by atoms with E-state index in [0.717, 1.165) is 6.07 Å². The Morgan fingerprint density at radius 3 is 2.85 bits per heavy atom. The molecule has 70 valence electrons. The zero-order valence-corrected chi connectivity index (χ0v) is 8.04. The third-order valence-corrected chi connectivity index (χ3v) is 1.87. The summed E-state index contributed by atoms with van der Waals surface area (Å²) >= 11 is 3.01. The standard InChI is InChI=1S/C8H6BrFO3/c9-6-3-5(10)1-2-7(6)13-8(12)4-11/h1-3,11H,4H2. The van der Waals surface area contributed by atoms with E-state index in [9.17, 15) is 9.18 Å². The fourth-order valence-corrected chi connectivity index (χ4v) is 1.14. The number of aliphatic hydroxyl groups is 1. The van der Waals surface area contributed by atoms with Gasteiger partial charge in [0.15, 0.2) is 0 Å².